The molecule has 1 amide bonds. The minimum absolute atomic E-state index is 0.355. The van der Waals surface area contributed by atoms with Crippen molar-refractivity contribution >= 4 is 28.2 Å². The Morgan fingerprint density at radius 3 is 2.79 bits per heavy atom. The van der Waals surface area contributed by atoms with Crippen LogP contribution in [-0.4, -0.2) is 18.5 Å². The van der Waals surface area contributed by atoms with Crippen molar-refractivity contribution < 1.29 is 14.3 Å². The molecule has 1 aliphatic carbocycles. The Morgan fingerprint density at radius 2 is 2.11 bits per heavy atom. The van der Waals surface area contributed by atoms with E-state index in [-0.39, 0.29) is 12.5 Å². The summed E-state index contributed by atoms with van der Waals surface area (Å²) in [5.41, 5.74) is 2.50. The lowest BCUT2D eigenvalue weighted by Gasteiger charge is -2.17. The first-order valence-corrected chi connectivity index (χ1v) is 10.4. The van der Waals surface area contributed by atoms with Gasteiger partial charge in [-0.3, -0.25) is 9.59 Å². The maximum Gasteiger partial charge on any atom is 0.313 e. The lowest BCUT2D eigenvalue weighted by molar-refractivity contribution is -0.149. The van der Waals surface area contributed by atoms with E-state index >= 15 is 0 Å². The van der Waals surface area contributed by atoms with Gasteiger partial charge in [-0.15, -0.1) is 11.3 Å². The predicted molar refractivity (Wildman–Crippen MR) is 109 cm³/mol. The number of ether oxygens (including phenoxy) is 1. The van der Waals surface area contributed by atoms with Gasteiger partial charge in [0.2, 0.25) is 0 Å². The van der Waals surface area contributed by atoms with Crippen LogP contribution < -0.4 is 5.32 Å². The second kappa shape index (κ2) is 9.03. The van der Waals surface area contributed by atoms with Crippen molar-refractivity contribution in [3.05, 3.63) is 51.9 Å². The largest absolute Gasteiger partial charge is 0.455 e. The SMILES string of the molecule is CC[C@@H](C(=O)OCC(=O)Nc1sc2c(c1C#N)CC[C@H](C)C2)c1ccccc1. The molecule has 1 N–H and O–H groups in total. The van der Waals surface area contributed by atoms with E-state index < -0.39 is 11.9 Å². The summed E-state index contributed by atoms with van der Waals surface area (Å²) in [6, 6.07) is 11.6. The third-order valence-electron chi connectivity index (χ3n) is 5.12. The van der Waals surface area contributed by atoms with Gasteiger partial charge >= 0.3 is 5.97 Å². The summed E-state index contributed by atoms with van der Waals surface area (Å²) in [4.78, 5) is 25.9. The van der Waals surface area contributed by atoms with E-state index in [1.807, 2.05) is 37.3 Å². The van der Waals surface area contributed by atoms with Crippen LogP contribution in [0.25, 0.3) is 0 Å². The van der Waals surface area contributed by atoms with Crippen LogP contribution in [-0.2, 0) is 27.2 Å². The maximum absolute atomic E-state index is 12.4. The predicted octanol–water partition coefficient (Wildman–Crippen LogP) is 4.42. The molecule has 0 fully saturated rings. The first-order valence-electron chi connectivity index (χ1n) is 9.59. The van der Waals surface area contributed by atoms with Crippen molar-refractivity contribution in [3.63, 3.8) is 0 Å². The Labute approximate surface area is 169 Å². The second-order valence-corrected chi connectivity index (χ2v) is 8.30. The zero-order chi connectivity index (χ0) is 20.1. The van der Waals surface area contributed by atoms with Crippen LogP contribution in [0.3, 0.4) is 0 Å². The first kappa shape index (κ1) is 20.1. The number of fused-ring (bicyclic) bond motifs is 1. The van der Waals surface area contributed by atoms with Gasteiger partial charge in [0, 0.05) is 4.88 Å². The third-order valence-corrected chi connectivity index (χ3v) is 6.29. The molecular formula is C22H24N2O3S. The minimum Gasteiger partial charge on any atom is -0.455 e. The molecule has 28 heavy (non-hydrogen) atoms. The normalized spacial score (nSPS) is 16.5. The van der Waals surface area contributed by atoms with Crippen molar-refractivity contribution in [2.75, 3.05) is 11.9 Å². The number of nitrogens with zero attached hydrogens (tertiary/aromatic N) is 1. The minimum atomic E-state index is -0.417. The quantitative estimate of drug-likeness (QED) is 0.733. The van der Waals surface area contributed by atoms with E-state index in [2.05, 4.69) is 18.3 Å². The number of nitrogens with one attached hydrogen (secondary N) is 1. The zero-order valence-electron chi connectivity index (χ0n) is 16.2. The summed E-state index contributed by atoms with van der Waals surface area (Å²) >= 11 is 1.47. The van der Waals surface area contributed by atoms with Crippen molar-refractivity contribution in [1.82, 2.24) is 0 Å². The zero-order valence-corrected chi connectivity index (χ0v) is 17.0. The number of nitriles is 1. The van der Waals surface area contributed by atoms with Crippen LogP contribution in [0.2, 0.25) is 0 Å². The molecule has 1 heterocycles. The highest BCUT2D eigenvalue weighted by molar-refractivity contribution is 7.16. The lowest BCUT2D eigenvalue weighted by atomic mass is 9.89. The molecule has 6 heteroatoms. The summed E-state index contributed by atoms with van der Waals surface area (Å²) in [5.74, 6) is -0.631. The number of anilines is 1. The number of hydrogen-bond donors (Lipinski definition) is 1. The van der Waals surface area contributed by atoms with E-state index in [1.165, 1.54) is 16.2 Å². The highest BCUT2D eigenvalue weighted by Crippen LogP contribution is 2.39. The number of amides is 1. The molecule has 146 valence electrons. The standard InChI is InChI=1S/C22H24N2O3S/c1-3-16(15-7-5-4-6-8-15)22(26)27-13-20(25)24-21-18(12-23)17-10-9-14(2)11-19(17)28-21/h4-8,14,16H,3,9-11,13H2,1-2H3,(H,24,25)/t14-,16+/m0/s1. The summed E-state index contributed by atoms with van der Waals surface area (Å²) in [7, 11) is 0. The van der Waals surface area contributed by atoms with Crippen molar-refractivity contribution in [3.8, 4) is 6.07 Å². The first-order chi connectivity index (χ1) is 13.5. The molecule has 0 spiro atoms. The fourth-order valence-electron chi connectivity index (χ4n) is 3.58. The van der Waals surface area contributed by atoms with E-state index in [4.69, 9.17) is 4.74 Å². The van der Waals surface area contributed by atoms with Crippen LogP contribution in [0.5, 0.6) is 0 Å². The number of carbonyl (C=O) groups excluding carboxylic acids is 2. The summed E-state index contributed by atoms with van der Waals surface area (Å²) in [6.45, 7) is 3.75. The van der Waals surface area contributed by atoms with Crippen LogP contribution in [0.4, 0.5) is 5.00 Å². The Kier molecular flexibility index (Phi) is 6.48. The van der Waals surface area contributed by atoms with Gasteiger partial charge in [0.15, 0.2) is 6.61 Å². The Morgan fingerprint density at radius 1 is 1.36 bits per heavy atom. The van der Waals surface area contributed by atoms with E-state index in [0.29, 0.717) is 22.9 Å². The smallest absolute Gasteiger partial charge is 0.313 e. The van der Waals surface area contributed by atoms with Crippen LogP contribution in [0.1, 0.15) is 54.2 Å². The van der Waals surface area contributed by atoms with Crippen LogP contribution >= 0.6 is 11.3 Å². The summed E-state index contributed by atoms with van der Waals surface area (Å²) in [6.07, 6.45) is 3.46. The van der Waals surface area contributed by atoms with E-state index in [9.17, 15) is 14.9 Å². The molecule has 0 saturated heterocycles. The Bertz CT molecular complexity index is 898. The average molecular weight is 397 g/mol. The highest BCUT2D eigenvalue weighted by Gasteiger charge is 2.25. The molecule has 2 atom stereocenters. The van der Waals surface area contributed by atoms with Gasteiger partial charge in [-0.25, -0.2) is 0 Å². The van der Waals surface area contributed by atoms with E-state index in [1.54, 1.807) is 0 Å². The molecule has 1 aliphatic rings. The summed E-state index contributed by atoms with van der Waals surface area (Å²) < 4.78 is 5.25. The van der Waals surface area contributed by atoms with Gasteiger partial charge in [0.1, 0.15) is 11.1 Å². The molecule has 0 aliphatic heterocycles. The van der Waals surface area contributed by atoms with Gasteiger partial charge in [0.25, 0.3) is 5.91 Å². The van der Waals surface area contributed by atoms with Crippen molar-refractivity contribution in [2.24, 2.45) is 5.92 Å². The molecule has 1 aromatic carbocycles. The molecule has 5 nitrogen and oxygen atoms in total. The van der Waals surface area contributed by atoms with E-state index in [0.717, 1.165) is 30.4 Å². The fraction of sp³-hybridized carbons (Fsp3) is 0.409. The number of rotatable bonds is 6. The third kappa shape index (κ3) is 4.42. The molecule has 3 rings (SSSR count). The monoisotopic (exact) mass is 396 g/mol. The average Bonchev–Trinajstić information content (AvgIpc) is 3.03. The number of benzene rings is 1. The molecule has 0 radical (unpaired) electrons. The van der Waals surface area contributed by atoms with Crippen molar-refractivity contribution in [1.29, 1.82) is 5.26 Å². The van der Waals surface area contributed by atoms with Gasteiger partial charge < -0.3 is 10.1 Å². The van der Waals surface area contributed by atoms with Gasteiger partial charge in [0.05, 0.1) is 11.5 Å². The lowest BCUT2D eigenvalue weighted by Crippen LogP contribution is -2.23. The number of hydrogen-bond acceptors (Lipinski definition) is 5. The highest BCUT2D eigenvalue weighted by atomic mass is 32.1. The van der Waals surface area contributed by atoms with Crippen molar-refractivity contribution in [2.45, 2.75) is 45.4 Å². The summed E-state index contributed by atoms with van der Waals surface area (Å²) in [5, 5.41) is 12.8. The maximum atomic E-state index is 12.4. The van der Waals surface area contributed by atoms with Gasteiger partial charge in [-0.05, 0) is 42.7 Å². The second-order valence-electron chi connectivity index (χ2n) is 7.20. The molecule has 1 aromatic heterocycles. The Balaban J connectivity index is 1.62. The molecule has 0 saturated carbocycles. The molecule has 0 unspecified atom stereocenters. The topological polar surface area (TPSA) is 79.2 Å². The molecule has 2 aromatic rings. The van der Waals surface area contributed by atoms with Gasteiger partial charge in [-0.1, -0.05) is 44.2 Å². The fourth-order valence-corrected chi connectivity index (χ4v) is 4.96. The number of esters is 1. The number of thiophene rings is 1. The van der Waals surface area contributed by atoms with Gasteiger partial charge in [-0.2, -0.15) is 5.26 Å². The molecule has 0 bridgehead atoms. The molecular weight excluding hydrogens is 372 g/mol. The van der Waals surface area contributed by atoms with Crippen LogP contribution in [0.15, 0.2) is 30.3 Å². The number of carbonyl (C=O) groups is 2. The Hall–Kier alpha value is -2.65. The van der Waals surface area contributed by atoms with Crippen LogP contribution in [0, 0.1) is 17.2 Å².